The zero-order valence-corrected chi connectivity index (χ0v) is 13.5. The second kappa shape index (κ2) is 6.70. The van der Waals surface area contributed by atoms with E-state index in [1.165, 1.54) is 47.2 Å². The molecule has 0 aliphatic rings. The number of rotatable bonds is 3. The molecule has 0 saturated heterocycles. The van der Waals surface area contributed by atoms with Gasteiger partial charge in [-0.1, -0.05) is 0 Å². The van der Waals surface area contributed by atoms with Crippen LogP contribution in [0.5, 0.6) is 11.6 Å². The number of nitrogens with zero attached hydrogens (tertiary/aromatic N) is 2. The Morgan fingerprint density at radius 3 is 2.36 bits per heavy atom. The van der Waals surface area contributed by atoms with Crippen LogP contribution < -0.4 is 5.56 Å². The fourth-order valence-corrected chi connectivity index (χ4v) is 2.45. The third-order valence-electron chi connectivity index (χ3n) is 3.40. The van der Waals surface area contributed by atoms with Crippen molar-refractivity contribution in [3.63, 3.8) is 0 Å². The Bertz CT molecular complexity index is 1050. The molecule has 126 valence electrons. The molecule has 0 unspecified atom stereocenters. The van der Waals surface area contributed by atoms with Gasteiger partial charge in [-0.15, -0.1) is 0 Å². The van der Waals surface area contributed by atoms with Crippen LogP contribution in [0.4, 0.5) is 10.1 Å². The number of phenolic OH excluding ortho intramolecular Hbond substituents is 1. The molecular weight excluding hydrogens is 345 g/mol. The number of aromatic amines is 1. The molecule has 1 heterocycles. The normalized spacial score (nSPS) is 11.1. The number of aromatic nitrogens is 2. The quantitative estimate of drug-likeness (QED) is 0.496. The number of hydrogen-bond donors (Lipinski definition) is 3. The summed E-state index contributed by atoms with van der Waals surface area (Å²) in [7, 11) is 0. The van der Waals surface area contributed by atoms with Gasteiger partial charge in [0.1, 0.15) is 17.1 Å². The van der Waals surface area contributed by atoms with Crippen LogP contribution in [0.25, 0.3) is 5.69 Å². The lowest BCUT2D eigenvalue weighted by molar-refractivity contribution is 0.432. The number of aliphatic imine (C=N–C) groups is 1. The summed E-state index contributed by atoms with van der Waals surface area (Å²) in [6.45, 7) is 0. The van der Waals surface area contributed by atoms with Crippen LogP contribution in [0.15, 0.2) is 58.3 Å². The maximum Gasteiger partial charge on any atom is 0.264 e. The van der Waals surface area contributed by atoms with Crippen LogP contribution in [0.2, 0.25) is 0 Å². The van der Waals surface area contributed by atoms with Crippen LogP contribution in [0.1, 0.15) is 5.56 Å². The number of H-pyrrole nitrogens is 1. The third kappa shape index (κ3) is 3.48. The third-order valence-corrected chi connectivity index (χ3v) is 3.68. The minimum Gasteiger partial charge on any atom is -0.508 e. The molecule has 0 saturated carbocycles. The second-order valence-corrected chi connectivity index (χ2v) is 5.47. The van der Waals surface area contributed by atoms with E-state index in [4.69, 9.17) is 12.2 Å². The van der Waals surface area contributed by atoms with Gasteiger partial charge in [-0.2, -0.15) is 0 Å². The highest BCUT2D eigenvalue weighted by molar-refractivity contribution is 7.71. The van der Waals surface area contributed by atoms with Crippen molar-refractivity contribution < 1.29 is 14.6 Å². The fraction of sp³-hybridized carbons (Fsp3) is 0. The molecule has 0 fully saturated rings. The van der Waals surface area contributed by atoms with Crippen molar-refractivity contribution in [2.24, 2.45) is 4.99 Å². The van der Waals surface area contributed by atoms with Crippen LogP contribution in [-0.4, -0.2) is 26.0 Å². The average molecular weight is 357 g/mol. The first kappa shape index (κ1) is 16.6. The summed E-state index contributed by atoms with van der Waals surface area (Å²) in [4.78, 5) is 18.6. The van der Waals surface area contributed by atoms with Gasteiger partial charge in [-0.05, 0) is 60.7 Å². The highest BCUT2D eigenvalue weighted by Crippen LogP contribution is 2.20. The van der Waals surface area contributed by atoms with Gasteiger partial charge in [-0.3, -0.25) is 19.3 Å². The Kier molecular flexibility index (Phi) is 4.44. The summed E-state index contributed by atoms with van der Waals surface area (Å²) >= 11 is 5.07. The summed E-state index contributed by atoms with van der Waals surface area (Å²) in [5.74, 6) is -0.763. The van der Waals surface area contributed by atoms with Crippen molar-refractivity contribution in [3.05, 3.63) is 75.0 Å². The number of aromatic hydroxyl groups is 2. The molecule has 0 aliphatic heterocycles. The molecule has 0 bridgehead atoms. The monoisotopic (exact) mass is 357 g/mol. The van der Waals surface area contributed by atoms with E-state index in [-0.39, 0.29) is 16.1 Å². The minimum absolute atomic E-state index is 0.0316. The first-order valence-corrected chi connectivity index (χ1v) is 7.54. The first-order valence-electron chi connectivity index (χ1n) is 7.13. The van der Waals surface area contributed by atoms with E-state index in [1.54, 1.807) is 12.1 Å². The van der Waals surface area contributed by atoms with Crippen molar-refractivity contribution in [1.29, 1.82) is 0 Å². The summed E-state index contributed by atoms with van der Waals surface area (Å²) in [6, 6.07) is 11.3. The van der Waals surface area contributed by atoms with Crippen LogP contribution in [0.3, 0.4) is 0 Å². The van der Waals surface area contributed by atoms with Crippen molar-refractivity contribution in [1.82, 2.24) is 9.55 Å². The Hall–Kier alpha value is -3.26. The molecule has 3 aromatic rings. The number of benzene rings is 2. The molecule has 0 aliphatic carbocycles. The predicted molar refractivity (Wildman–Crippen MR) is 94.2 cm³/mol. The lowest BCUT2D eigenvalue weighted by Gasteiger charge is -2.11. The zero-order chi connectivity index (χ0) is 18.0. The number of halogens is 1. The number of nitrogens with one attached hydrogen (secondary N) is 1. The molecule has 0 amide bonds. The topological polar surface area (TPSA) is 90.6 Å². The van der Waals surface area contributed by atoms with Gasteiger partial charge in [0.2, 0.25) is 5.88 Å². The van der Waals surface area contributed by atoms with E-state index < -0.39 is 17.3 Å². The van der Waals surface area contributed by atoms with Crippen LogP contribution in [-0.2, 0) is 0 Å². The summed E-state index contributed by atoms with van der Waals surface area (Å²) in [5.41, 5.74) is 0.154. The molecule has 3 rings (SSSR count). The molecule has 6 nitrogen and oxygen atoms in total. The first-order chi connectivity index (χ1) is 12.0. The average Bonchev–Trinajstić information content (AvgIpc) is 2.57. The van der Waals surface area contributed by atoms with Gasteiger partial charge in [0, 0.05) is 6.21 Å². The van der Waals surface area contributed by atoms with Gasteiger partial charge >= 0.3 is 0 Å². The molecular formula is C17H12FN3O3S. The van der Waals surface area contributed by atoms with Crippen molar-refractivity contribution >= 4 is 24.1 Å². The highest BCUT2D eigenvalue weighted by Gasteiger charge is 2.12. The fourth-order valence-electron chi connectivity index (χ4n) is 2.16. The predicted octanol–water partition coefficient (Wildman–Crippen LogP) is 3.20. The van der Waals surface area contributed by atoms with Gasteiger partial charge in [0.05, 0.1) is 11.4 Å². The molecule has 25 heavy (non-hydrogen) atoms. The van der Waals surface area contributed by atoms with Gasteiger partial charge in [0.15, 0.2) is 4.77 Å². The maximum atomic E-state index is 13.1. The summed E-state index contributed by atoms with van der Waals surface area (Å²) in [6.07, 6.45) is 1.19. The van der Waals surface area contributed by atoms with E-state index in [2.05, 4.69) is 9.98 Å². The zero-order valence-electron chi connectivity index (χ0n) is 12.7. The van der Waals surface area contributed by atoms with E-state index in [9.17, 15) is 19.4 Å². The van der Waals surface area contributed by atoms with Crippen molar-refractivity contribution in [2.45, 2.75) is 0 Å². The maximum absolute atomic E-state index is 13.1. The molecule has 3 N–H and O–H groups in total. The number of phenols is 1. The van der Waals surface area contributed by atoms with Crippen LogP contribution >= 0.6 is 12.2 Å². The standard InChI is InChI=1S/C17H12FN3O3S/c18-10-1-5-12(6-2-10)21-16(24)14(15(23)20-17(21)25)9-19-11-3-7-13(22)8-4-11/h1-9,22,24H,(H,20,23,25). The number of hydrogen-bond acceptors (Lipinski definition) is 5. The Labute approximate surface area is 146 Å². The van der Waals surface area contributed by atoms with Crippen molar-refractivity contribution in [3.8, 4) is 17.3 Å². The van der Waals surface area contributed by atoms with Gasteiger partial charge < -0.3 is 10.2 Å². The van der Waals surface area contributed by atoms with Crippen molar-refractivity contribution in [2.75, 3.05) is 0 Å². The molecule has 8 heteroatoms. The Balaban J connectivity index is 2.10. The van der Waals surface area contributed by atoms with Gasteiger partial charge in [-0.25, -0.2) is 4.39 Å². The van der Waals surface area contributed by atoms with Gasteiger partial charge in [0.25, 0.3) is 5.56 Å². The highest BCUT2D eigenvalue weighted by atomic mass is 32.1. The molecule has 0 radical (unpaired) electrons. The molecule has 0 atom stereocenters. The van der Waals surface area contributed by atoms with Crippen LogP contribution in [0, 0.1) is 10.6 Å². The van der Waals surface area contributed by atoms with E-state index in [1.807, 2.05) is 0 Å². The largest absolute Gasteiger partial charge is 0.508 e. The summed E-state index contributed by atoms with van der Waals surface area (Å²) < 4.78 is 14.3. The Morgan fingerprint density at radius 2 is 1.72 bits per heavy atom. The molecule has 0 spiro atoms. The Morgan fingerprint density at radius 1 is 1.08 bits per heavy atom. The van der Waals surface area contributed by atoms with E-state index in [0.29, 0.717) is 11.4 Å². The molecule has 2 aromatic carbocycles. The van der Waals surface area contributed by atoms with E-state index >= 15 is 0 Å². The lowest BCUT2D eigenvalue weighted by atomic mass is 10.2. The lowest BCUT2D eigenvalue weighted by Crippen LogP contribution is -2.18. The smallest absolute Gasteiger partial charge is 0.264 e. The second-order valence-electron chi connectivity index (χ2n) is 5.08. The minimum atomic E-state index is -0.608. The molecule has 1 aromatic heterocycles. The SMILES string of the molecule is O=c1[nH]c(=S)n(-c2ccc(F)cc2)c(O)c1C=Nc1ccc(O)cc1. The van der Waals surface area contributed by atoms with E-state index in [0.717, 1.165) is 0 Å². The summed E-state index contributed by atoms with van der Waals surface area (Å²) in [5, 5.41) is 19.7.